The van der Waals surface area contributed by atoms with Gasteiger partial charge < -0.3 is 15.3 Å². The van der Waals surface area contributed by atoms with E-state index in [1.54, 1.807) is 4.90 Å². The molecule has 0 aliphatic carbocycles. The van der Waals surface area contributed by atoms with E-state index in [2.05, 4.69) is 46.0 Å². The molecular weight excluding hydrogens is 404 g/mol. The van der Waals surface area contributed by atoms with Crippen LogP contribution in [0.2, 0.25) is 18.1 Å². The van der Waals surface area contributed by atoms with E-state index in [-0.39, 0.29) is 23.2 Å². The Bertz CT molecular complexity index is 878. The maximum absolute atomic E-state index is 12.4. The maximum atomic E-state index is 12.4. The van der Waals surface area contributed by atoms with Gasteiger partial charge in [-0.2, -0.15) is 0 Å². The van der Waals surface area contributed by atoms with E-state index < -0.39 is 14.4 Å². The monoisotopic (exact) mass is 440 g/mol. The number of nitrogens with zero attached hydrogens (tertiary/aromatic N) is 1. The fourth-order valence-corrected chi connectivity index (χ4v) is 5.42. The first kappa shape index (κ1) is 23.4. The van der Waals surface area contributed by atoms with E-state index in [0.717, 1.165) is 29.7 Å². The minimum absolute atomic E-state index is 0.0378. The second-order valence-corrected chi connectivity index (χ2v) is 14.9. The molecule has 2 aromatic carbocycles. The topological polar surface area (TPSA) is 75.8 Å². The molecule has 0 saturated carbocycles. The molecule has 3 rings (SSSR count). The lowest BCUT2D eigenvalue weighted by molar-refractivity contribution is 0.0598. The van der Waals surface area contributed by atoms with Gasteiger partial charge >= 0.3 is 6.09 Å². The molecule has 0 radical (unpaired) electrons. The average molecular weight is 441 g/mol. The van der Waals surface area contributed by atoms with Gasteiger partial charge in [-0.15, -0.1) is 0 Å². The SMILES string of the molecule is CC(C)(C)[Si](C)(C)O[C@H](c1ccccc1)C1CCC(Cc2ccc(N)cc2)N1C(=O)O. The first-order chi connectivity index (χ1) is 14.5. The Hall–Kier alpha value is -2.31. The van der Waals surface area contributed by atoms with Crippen molar-refractivity contribution in [2.75, 3.05) is 5.73 Å². The Balaban J connectivity index is 1.92. The van der Waals surface area contributed by atoms with Gasteiger partial charge in [-0.05, 0) is 60.7 Å². The van der Waals surface area contributed by atoms with E-state index in [1.165, 1.54) is 0 Å². The summed E-state index contributed by atoms with van der Waals surface area (Å²) < 4.78 is 6.88. The number of carbonyl (C=O) groups is 1. The van der Waals surface area contributed by atoms with Gasteiger partial charge in [0.25, 0.3) is 0 Å². The molecule has 6 heteroatoms. The van der Waals surface area contributed by atoms with Crippen LogP contribution in [0.1, 0.15) is 50.8 Å². The van der Waals surface area contributed by atoms with Gasteiger partial charge in [-0.25, -0.2) is 4.79 Å². The second-order valence-electron chi connectivity index (χ2n) is 10.1. The summed E-state index contributed by atoms with van der Waals surface area (Å²) in [6.07, 6.45) is 1.16. The van der Waals surface area contributed by atoms with Gasteiger partial charge in [0.15, 0.2) is 8.32 Å². The van der Waals surface area contributed by atoms with Crippen LogP contribution in [0.15, 0.2) is 54.6 Å². The molecule has 5 nitrogen and oxygen atoms in total. The molecule has 1 amide bonds. The third-order valence-corrected chi connectivity index (χ3v) is 11.4. The van der Waals surface area contributed by atoms with Crippen LogP contribution in [0.5, 0.6) is 0 Å². The average Bonchev–Trinajstić information content (AvgIpc) is 3.11. The predicted molar refractivity (Wildman–Crippen MR) is 129 cm³/mol. The third kappa shape index (κ3) is 5.30. The minimum Gasteiger partial charge on any atom is -0.465 e. The number of rotatable bonds is 6. The Morgan fingerprint density at radius 1 is 1.13 bits per heavy atom. The number of likely N-dealkylation sites (tertiary alicyclic amines) is 1. The van der Waals surface area contributed by atoms with Crippen LogP contribution in [-0.2, 0) is 10.8 Å². The summed E-state index contributed by atoms with van der Waals surface area (Å²) in [5.41, 5.74) is 8.69. The highest BCUT2D eigenvalue weighted by Crippen LogP contribution is 2.44. The van der Waals surface area contributed by atoms with Crippen LogP contribution >= 0.6 is 0 Å². The van der Waals surface area contributed by atoms with Gasteiger partial charge in [-0.3, -0.25) is 4.90 Å². The summed E-state index contributed by atoms with van der Waals surface area (Å²) in [4.78, 5) is 14.1. The Kier molecular flexibility index (Phi) is 6.81. The normalized spacial score (nSPS) is 20.6. The Morgan fingerprint density at radius 2 is 1.74 bits per heavy atom. The van der Waals surface area contributed by atoms with E-state index in [9.17, 15) is 9.90 Å². The molecule has 1 fully saturated rings. The summed E-state index contributed by atoms with van der Waals surface area (Å²) in [6.45, 7) is 11.1. The van der Waals surface area contributed by atoms with Crippen LogP contribution in [0.3, 0.4) is 0 Å². The first-order valence-electron chi connectivity index (χ1n) is 11.1. The quantitative estimate of drug-likeness (QED) is 0.421. The number of anilines is 1. The van der Waals surface area contributed by atoms with E-state index in [1.807, 2.05) is 42.5 Å². The molecule has 3 atom stereocenters. The lowest BCUT2D eigenvalue weighted by Gasteiger charge is -2.42. The molecule has 1 aliphatic heterocycles. The number of hydrogen-bond donors (Lipinski definition) is 2. The Labute approximate surface area is 187 Å². The van der Waals surface area contributed by atoms with Crippen molar-refractivity contribution >= 4 is 20.1 Å². The number of benzene rings is 2. The van der Waals surface area contributed by atoms with E-state index in [4.69, 9.17) is 10.2 Å². The number of hydrogen-bond acceptors (Lipinski definition) is 3. The van der Waals surface area contributed by atoms with Crippen molar-refractivity contribution in [3.8, 4) is 0 Å². The molecule has 0 aromatic heterocycles. The van der Waals surface area contributed by atoms with Crippen LogP contribution in [0, 0.1) is 0 Å². The fraction of sp³-hybridized carbons (Fsp3) is 0.480. The van der Waals surface area contributed by atoms with Crippen LogP contribution in [0.4, 0.5) is 10.5 Å². The minimum atomic E-state index is -2.12. The molecule has 168 valence electrons. The van der Waals surface area contributed by atoms with Gasteiger partial charge in [0.1, 0.15) is 0 Å². The summed E-state index contributed by atoms with van der Waals surface area (Å²) in [5, 5.41) is 10.2. The summed E-state index contributed by atoms with van der Waals surface area (Å²) in [7, 11) is -2.12. The molecule has 2 unspecified atom stereocenters. The highest BCUT2D eigenvalue weighted by atomic mass is 28.4. The molecule has 31 heavy (non-hydrogen) atoms. The molecule has 1 heterocycles. The number of carboxylic acid groups (broad SMARTS) is 1. The lowest BCUT2D eigenvalue weighted by atomic mass is 10.0. The fourth-order valence-electron chi connectivity index (χ4n) is 4.14. The molecule has 2 aromatic rings. The molecular formula is C25H36N2O3Si. The summed E-state index contributed by atoms with van der Waals surface area (Å²) in [6, 6.07) is 17.6. The first-order valence-corrected chi connectivity index (χ1v) is 14.0. The van der Waals surface area contributed by atoms with Crippen LogP contribution in [0.25, 0.3) is 0 Å². The summed E-state index contributed by atoms with van der Waals surface area (Å²) in [5.74, 6) is 0. The molecule has 0 spiro atoms. The van der Waals surface area contributed by atoms with Gasteiger partial charge in [-0.1, -0.05) is 63.2 Å². The van der Waals surface area contributed by atoms with Gasteiger partial charge in [0, 0.05) is 11.7 Å². The smallest absolute Gasteiger partial charge is 0.407 e. The maximum Gasteiger partial charge on any atom is 0.407 e. The van der Waals surface area contributed by atoms with Gasteiger partial charge in [0.2, 0.25) is 0 Å². The standard InChI is InChI=1S/C25H36N2O3Si/c1-25(2,3)31(4,5)30-23(19-9-7-6-8-10-19)22-16-15-21(27(22)24(28)29)17-18-11-13-20(26)14-12-18/h6-14,21-23H,15-17,26H2,1-5H3,(H,28,29)/t21?,22?,23-/m1/s1. The van der Waals surface area contributed by atoms with Crippen molar-refractivity contribution < 1.29 is 14.3 Å². The molecule has 3 N–H and O–H groups in total. The zero-order valence-corrected chi connectivity index (χ0v) is 20.3. The van der Waals surface area contributed by atoms with Crippen molar-refractivity contribution in [1.29, 1.82) is 0 Å². The summed E-state index contributed by atoms with van der Waals surface area (Å²) >= 11 is 0. The second kappa shape index (κ2) is 9.05. The molecule has 0 bridgehead atoms. The lowest BCUT2D eigenvalue weighted by Crippen LogP contribution is -2.49. The predicted octanol–water partition coefficient (Wildman–Crippen LogP) is 6.09. The van der Waals surface area contributed by atoms with Crippen molar-refractivity contribution in [2.45, 2.75) is 76.4 Å². The van der Waals surface area contributed by atoms with Crippen molar-refractivity contribution in [2.24, 2.45) is 0 Å². The number of nitrogens with two attached hydrogens (primary N) is 1. The number of amides is 1. The Morgan fingerprint density at radius 3 is 2.29 bits per heavy atom. The highest BCUT2D eigenvalue weighted by molar-refractivity contribution is 6.74. The van der Waals surface area contributed by atoms with Gasteiger partial charge in [0.05, 0.1) is 12.1 Å². The van der Waals surface area contributed by atoms with Crippen molar-refractivity contribution in [3.63, 3.8) is 0 Å². The molecule has 1 saturated heterocycles. The van der Waals surface area contributed by atoms with E-state index in [0.29, 0.717) is 6.42 Å². The van der Waals surface area contributed by atoms with Crippen LogP contribution in [-0.4, -0.2) is 36.5 Å². The van der Waals surface area contributed by atoms with Crippen molar-refractivity contribution in [1.82, 2.24) is 4.90 Å². The third-order valence-electron chi connectivity index (χ3n) is 6.92. The van der Waals surface area contributed by atoms with Crippen LogP contribution < -0.4 is 5.73 Å². The highest BCUT2D eigenvalue weighted by Gasteiger charge is 2.46. The van der Waals surface area contributed by atoms with E-state index >= 15 is 0 Å². The molecule has 1 aliphatic rings. The zero-order valence-electron chi connectivity index (χ0n) is 19.3. The largest absolute Gasteiger partial charge is 0.465 e. The zero-order chi connectivity index (χ0) is 22.8. The van der Waals surface area contributed by atoms with Crippen molar-refractivity contribution in [3.05, 3.63) is 65.7 Å². The number of nitrogen functional groups attached to an aromatic ring is 1.